The van der Waals surface area contributed by atoms with Crippen molar-refractivity contribution in [1.82, 2.24) is 9.21 Å². The highest BCUT2D eigenvalue weighted by molar-refractivity contribution is 7.89. The summed E-state index contributed by atoms with van der Waals surface area (Å²) in [4.78, 5) is 14.8. The zero-order chi connectivity index (χ0) is 23.5. The van der Waals surface area contributed by atoms with Crippen molar-refractivity contribution in [1.29, 1.82) is 0 Å². The smallest absolute Gasteiger partial charge is 0.243 e. The van der Waals surface area contributed by atoms with Crippen LogP contribution in [0.25, 0.3) is 0 Å². The summed E-state index contributed by atoms with van der Waals surface area (Å²) >= 11 is 0. The van der Waals surface area contributed by atoms with E-state index in [0.29, 0.717) is 24.6 Å². The van der Waals surface area contributed by atoms with Gasteiger partial charge in [-0.15, -0.1) is 0 Å². The fourth-order valence-corrected chi connectivity index (χ4v) is 5.15. The molecule has 1 amide bonds. The summed E-state index contributed by atoms with van der Waals surface area (Å²) < 4.78 is 38.1. The zero-order valence-electron chi connectivity index (χ0n) is 19.4. The second kappa shape index (κ2) is 9.50. The van der Waals surface area contributed by atoms with Gasteiger partial charge in [0, 0.05) is 26.2 Å². The van der Waals surface area contributed by atoms with Gasteiger partial charge in [-0.25, -0.2) is 8.42 Å². The van der Waals surface area contributed by atoms with Gasteiger partial charge in [-0.3, -0.25) is 4.79 Å². The lowest BCUT2D eigenvalue weighted by atomic mass is 9.87. The lowest BCUT2D eigenvalue weighted by molar-refractivity contribution is -0.131. The van der Waals surface area contributed by atoms with Crippen LogP contribution in [-0.4, -0.2) is 63.9 Å². The van der Waals surface area contributed by atoms with Crippen LogP contribution in [0.3, 0.4) is 0 Å². The molecule has 1 saturated heterocycles. The maximum Gasteiger partial charge on any atom is 0.243 e. The van der Waals surface area contributed by atoms with E-state index in [9.17, 15) is 13.2 Å². The molecule has 3 rings (SSSR count). The number of methoxy groups -OCH3 is 2. The molecular weight excluding hydrogens is 428 g/mol. The second-order valence-corrected chi connectivity index (χ2v) is 10.9. The van der Waals surface area contributed by atoms with Crippen molar-refractivity contribution >= 4 is 15.9 Å². The molecule has 8 heteroatoms. The van der Waals surface area contributed by atoms with Gasteiger partial charge in [-0.05, 0) is 40.8 Å². The van der Waals surface area contributed by atoms with Crippen LogP contribution >= 0.6 is 0 Å². The Morgan fingerprint density at radius 3 is 2.03 bits per heavy atom. The summed E-state index contributed by atoms with van der Waals surface area (Å²) in [5, 5.41) is 0. The van der Waals surface area contributed by atoms with Crippen LogP contribution < -0.4 is 9.47 Å². The highest BCUT2D eigenvalue weighted by Crippen LogP contribution is 2.28. The van der Waals surface area contributed by atoms with Gasteiger partial charge in [0.1, 0.15) is 0 Å². The first kappa shape index (κ1) is 24.1. The molecule has 0 bridgehead atoms. The molecule has 2 aromatic rings. The topological polar surface area (TPSA) is 76.2 Å². The monoisotopic (exact) mass is 460 g/mol. The molecule has 0 atom stereocenters. The fraction of sp³-hybridized carbons (Fsp3) is 0.458. The van der Waals surface area contributed by atoms with Crippen LogP contribution in [0.15, 0.2) is 47.4 Å². The van der Waals surface area contributed by atoms with Crippen LogP contribution in [0.1, 0.15) is 31.9 Å². The van der Waals surface area contributed by atoms with Gasteiger partial charge in [0.25, 0.3) is 0 Å². The summed E-state index contributed by atoms with van der Waals surface area (Å²) in [5.41, 5.74) is 1.87. The molecule has 7 nitrogen and oxygen atoms in total. The molecule has 1 heterocycles. The number of amides is 1. The van der Waals surface area contributed by atoms with E-state index >= 15 is 0 Å². The number of ether oxygens (including phenoxy) is 2. The van der Waals surface area contributed by atoms with Crippen LogP contribution in [-0.2, 0) is 26.7 Å². The zero-order valence-corrected chi connectivity index (χ0v) is 20.2. The Morgan fingerprint density at radius 1 is 0.906 bits per heavy atom. The molecule has 0 unspecified atom stereocenters. The van der Waals surface area contributed by atoms with E-state index < -0.39 is 10.0 Å². The molecule has 1 fully saturated rings. The van der Waals surface area contributed by atoms with Crippen LogP contribution in [0.2, 0.25) is 0 Å². The van der Waals surface area contributed by atoms with Crippen molar-refractivity contribution in [3.63, 3.8) is 0 Å². The number of nitrogens with zero attached hydrogens (tertiary/aromatic N) is 2. The van der Waals surface area contributed by atoms with Gasteiger partial charge < -0.3 is 14.4 Å². The third-order valence-electron chi connectivity index (χ3n) is 5.75. The lowest BCUT2D eigenvalue weighted by Crippen LogP contribution is -2.50. The first-order chi connectivity index (χ1) is 15.1. The number of hydrogen-bond donors (Lipinski definition) is 0. The molecule has 0 N–H and O–H groups in total. The minimum Gasteiger partial charge on any atom is -0.493 e. The van der Waals surface area contributed by atoms with E-state index in [0.717, 1.165) is 11.1 Å². The normalized spacial score (nSPS) is 15.5. The fourth-order valence-electron chi connectivity index (χ4n) is 3.73. The van der Waals surface area contributed by atoms with Gasteiger partial charge in [0.05, 0.1) is 25.5 Å². The van der Waals surface area contributed by atoms with Crippen molar-refractivity contribution in [2.24, 2.45) is 0 Å². The number of sulfonamides is 1. The standard InChI is InChI=1S/C24H32N2O5S/c1-24(2,3)19-7-9-20(10-8-19)32(28,29)26-14-12-25(13-15-26)23(27)17-18-6-11-21(30-4)22(16-18)31-5/h6-11,16H,12-15,17H2,1-5H3. The van der Waals surface area contributed by atoms with Crippen LogP contribution in [0, 0.1) is 0 Å². The molecule has 1 aliphatic heterocycles. The van der Waals surface area contributed by atoms with Gasteiger partial charge in [0.15, 0.2) is 11.5 Å². The van der Waals surface area contributed by atoms with Gasteiger partial charge in [0.2, 0.25) is 15.9 Å². The quantitative estimate of drug-likeness (QED) is 0.662. The Kier molecular flexibility index (Phi) is 7.15. The van der Waals surface area contributed by atoms with Crippen molar-refractivity contribution in [2.45, 2.75) is 37.5 Å². The Balaban J connectivity index is 1.62. The predicted molar refractivity (Wildman–Crippen MR) is 124 cm³/mol. The van der Waals surface area contributed by atoms with Crippen LogP contribution in [0.5, 0.6) is 11.5 Å². The summed E-state index contributed by atoms with van der Waals surface area (Å²) in [6.45, 7) is 7.57. The minimum atomic E-state index is -3.58. The lowest BCUT2D eigenvalue weighted by Gasteiger charge is -2.34. The number of carbonyl (C=O) groups is 1. The summed E-state index contributed by atoms with van der Waals surface area (Å²) in [7, 11) is -0.464. The Bertz CT molecular complexity index is 1050. The van der Waals surface area contributed by atoms with E-state index in [2.05, 4.69) is 20.8 Å². The highest BCUT2D eigenvalue weighted by Gasteiger charge is 2.30. The third-order valence-corrected chi connectivity index (χ3v) is 7.67. The Morgan fingerprint density at radius 2 is 1.50 bits per heavy atom. The first-order valence-corrected chi connectivity index (χ1v) is 12.1. The summed E-state index contributed by atoms with van der Waals surface area (Å²) in [6.07, 6.45) is 0.224. The SMILES string of the molecule is COc1ccc(CC(=O)N2CCN(S(=O)(=O)c3ccc(C(C)(C)C)cc3)CC2)cc1OC. The van der Waals surface area contributed by atoms with Crippen molar-refractivity contribution in [3.05, 3.63) is 53.6 Å². The average Bonchev–Trinajstić information content (AvgIpc) is 2.78. The molecule has 0 saturated carbocycles. The Hall–Kier alpha value is -2.58. The number of rotatable bonds is 6. The number of piperazine rings is 1. The van der Waals surface area contributed by atoms with Crippen LogP contribution in [0.4, 0.5) is 0 Å². The van der Waals surface area contributed by atoms with Crippen molar-refractivity contribution in [2.75, 3.05) is 40.4 Å². The van der Waals surface area contributed by atoms with Gasteiger partial charge in [-0.1, -0.05) is 39.0 Å². The molecule has 0 aliphatic carbocycles. The molecule has 0 radical (unpaired) electrons. The third kappa shape index (κ3) is 5.24. The summed E-state index contributed by atoms with van der Waals surface area (Å²) in [6, 6.07) is 12.5. The summed E-state index contributed by atoms with van der Waals surface area (Å²) in [5.74, 6) is 1.15. The molecule has 2 aromatic carbocycles. The molecule has 0 spiro atoms. The molecule has 1 aliphatic rings. The van der Waals surface area contributed by atoms with Crippen molar-refractivity contribution < 1.29 is 22.7 Å². The molecular formula is C24H32N2O5S. The first-order valence-electron chi connectivity index (χ1n) is 10.7. The minimum absolute atomic E-state index is 0.0382. The second-order valence-electron chi connectivity index (χ2n) is 8.93. The number of hydrogen-bond acceptors (Lipinski definition) is 5. The average molecular weight is 461 g/mol. The van der Waals surface area contributed by atoms with Gasteiger partial charge >= 0.3 is 0 Å². The van der Waals surface area contributed by atoms with E-state index in [1.807, 2.05) is 18.2 Å². The van der Waals surface area contributed by atoms with E-state index in [4.69, 9.17) is 9.47 Å². The van der Waals surface area contributed by atoms with Crippen molar-refractivity contribution in [3.8, 4) is 11.5 Å². The molecule has 174 valence electrons. The number of benzene rings is 2. The molecule has 0 aromatic heterocycles. The maximum atomic E-state index is 13.0. The number of carbonyl (C=O) groups excluding carboxylic acids is 1. The van der Waals surface area contributed by atoms with E-state index in [-0.39, 0.29) is 35.7 Å². The predicted octanol–water partition coefficient (Wildman–Crippen LogP) is 3.08. The molecule has 32 heavy (non-hydrogen) atoms. The maximum absolute atomic E-state index is 13.0. The Labute approximate surface area is 191 Å². The van der Waals surface area contributed by atoms with E-state index in [1.54, 1.807) is 43.4 Å². The highest BCUT2D eigenvalue weighted by atomic mass is 32.2. The van der Waals surface area contributed by atoms with E-state index in [1.165, 1.54) is 4.31 Å². The largest absolute Gasteiger partial charge is 0.493 e. The van der Waals surface area contributed by atoms with Gasteiger partial charge in [-0.2, -0.15) is 4.31 Å².